The lowest BCUT2D eigenvalue weighted by Crippen LogP contribution is -2.49. The van der Waals surface area contributed by atoms with Crippen LogP contribution in [0.1, 0.15) is 19.8 Å². The maximum atomic E-state index is 11.5. The molecule has 0 radical (unpaired) electrons. The van der Waals surface area contributed by atoms with Crippen LogP contribution in [-0.2, 0) is 9.53 Å². The van der Waals surface area contributed by atoms with Gasteiger partial charge in [0.1, 0.15) is 6.61 Å². The number of hydrogen-bond acceptors (Lipinski definition) is 3. The Morgan fingerprint density at radius 2 is 2.13 bits per heavy atom. The van der Waals surface area contributed by atoms with Crippen molar-refractivity contribution in [2.75, 3.05) is 6.61 Å². The van der Waals surface area contributed by atoms with E-state index in [0.29, 0.717) is 19.4 Å². The molecule has 1 aliphatic rings. The van der Waals surface area contributed by atoms with Crippen molar-refractivity contribution in [1.82, 2.24) is 4.90 Å². The van der Waals surface area contributed by atoms with Crippen LogP contribution in [0.3, 0.4) is 0 Å². The second kappa shape index (κ2) is 4.57. The number of nitrogens with zero attached hydrogens (tertiary/aromatic N) is 1. The maximum absolute atomic E-state index is 11.5. The molecule has 1 aliphatic heterocycles. The molecular formula is C11H15NO2S. The Bertz CT molecular complexity index is 302. The Labute approximate surface area is 95.4 Å². The molecule has 0 spiro atoms. The van der Waals surface area contributed by atoms with E-state index in [1.165, 1.54) is 11.8 Å². The lowest BCUT2D eigenvalue weighted by molar-refractivity contribution is -0.128. The van der Waals surface area contributed by atoms with Gasteiger partial charge < -0.3 is 4.74 Å². The van der Waals surface area contributed by atoms with Crippen molar-refractivity contribution in [3.05, 3.63) is 25.3 Å². The first kappa shape index (κ1) is 11.9. The largest absolute Gasteiger partial charge is 0.468 e. The highest BCUT2D eigenvalue weighted by molar-refractivity contribution is 7.80. The Hall–Kier alpha value is -1.16. The van der Waals surface area contributed by atoms with Crippen molar-refractivity contribution in [1.29, 1.82) is 0 Å². The average molecular weight is 225 g/mol. The molecule has 0 aromatic rings. The van der Waals surface area contributed by atoms with Crippen LogP contribution in [-0.4, -0.2) is 28.1 Å². The van der Waals surface area contributed by atoms with Gasteiger partial charge in [-0.3, -0.25) is 9.69 Å². The van der Waals surface area contributed by atoms with Crippen LogP contribution < -0.4 is 0 Å². The van der Waals surface area contributed by atoms with Gasteiger partial charge in [-0.1, -0.05) is 12.2 Å². The third-order valence-electron chi connectivity index (χ3n) is 2.48. The molecular weight excluding hydrogens is 210 g/mol. The van der Waals surface area contributed by atoms with E-state index in [9.17, 15) is 4.79 Å². The van der Waals surface area contributed by atoms with Crippen molar-refractivity contribution in [2.45, 2.75) is 25.3 Å². The summed E-state index contributed by atoms with van der Waals surface area (Å²) in [6, 6.07) is 0. The summed E-state index contributed by atoms with van der Waals surface area (Å²) in [6.45, 7) is 9.31. The van der Waals surface area contributed by atoms with E-state index in [4.69, 9.17) is 17.0 Å². The molecule has 1 heterocycles. The minimum Gasteiger partial charge on any atom is -0.468 e. The number of amides is 1. The van der Waals surface area contributed by atoms with E-state index in [0.717, 1.165) is 0 Å². The molecule has 0 aliphatic carbocycles. The third-order valence-corrected chi connectivity index (χ3v) is 2.79. The molecule has 15 heavy (non-hydrogen) atoms. The maximum Gasteiger partial charge on any atom is 0.266 e. The van der Waals surface area contributed by atoms with E-state index in [2.05, 4.69) is 13.2 Å². The van der Waals surface area contributed by atoms with Crippen LogP contribution >= 0.6 is 12.2 Å². The molecule has 4 heteroatoms. The molecule has 0 bridgehead atoms. The van der Waals surface area contributed by atoms with E-state index >= 15 is 0 Å². The zero-order valence-electron chi connectivity index (χ0n) is 8.86. The van der Waals surface area contributed by atoms with Crippen molar-refractivity contribution in [3.8, 4) is 0 Å². The van der Waals surface area contributed by atoms with Crippen LogP contribution in [0.2, 0.25) is 0 Å². The summed E-state index contributed by atoms with van der Waals surface area (Å²) in [4.78, 5) is 13.0. The van der Waals surface area contributed by atoms with Gasteiger partial charge in [0.25, 0.3) is 5.17 Å². The molecule has 1 saturated heterocycles. The minimum absolute atomic E-state index is 0.0961. The van der Waals surface area contributed by atoms with Gasteiger partial charge in [0.05, 0.1) is 5.54 Å². The Morgan fingerprint density at radius 3 is 2.53 bits per heavy atom. The van der Waals surface area contributed by atoms with Crippen molar-refractivity contribution in [3.63, 3.8) is 0 Å². The van der Waals surface area contributed by atoms with E-state index in [1.807, 2.05) is 0 Å². The summed E-state index contributed by atoms with van der Waals surface area (Å²) < 4.78 is 5.29. The zero-order chi connectivity index (χ0) is 11.5. The molecule has 0 saturated carbocycles. The summed E-state index contributed by atoms with van der Waals surface area (Å²) in [5.41, 5.74) is -0.410. The lowest BCUT2D eigenvalue weighted by atomic mass is 9.91. The summed E-state index contributed by atoms with van der Waals surface area (Å²) in [6.07, 6.45) is 4.85. The molecule has 1 rings (SSSR count). The fourth-order valence-corrected chi connectivity index (χ4v) is 2.28. The SMILES string of the molecule is C=CCC1(CC=C)COC(=S)N1C(C)=O. The zero-order valence-corrected chi connectivity index (χ0v) is 9.68. The number of carbonyl (C=O) groups is 1. The molecule has 3 nitrogen and oxygen atoms in total. The van der Waals surface area contributed by atoms with Crippen molar-refractivity contribution in [2.24, 2.45) is 0 Å². The summed E-state index contributed by atoms with van der Waals surface area (Å²) in [5, 5.41) is 0.256. The first-order valence-corrected chi connectivity index (χ1v) is 5.17. The third kappa shape index (κ3) is 2.09. The van der Waals surface area contributed by atoms with Crippen LogP contribution in [0.4, 0.5) is 0 Å². The monoisotopic (exact) mass is 225 g/mol. The summed E-state index contributed by atoms with van der Waals surface area (Å²) in [5.74, 6) is -0.0961. The average Bonchev–Trinajstić information content (AvgIpc) is 2.44. The first-order valence-electron chi connectivity index (χ1n) is 4.77. The molecule has 82 valence electrons. The standard InChI is InChI=1S/C11H15NO2S/c1-4-6-11(7-5-2)8-14-10(15)12(11)9(3)13/h4-5H,1-2,6-8H2,3H3. The second-order valence-corrected chi connectivity index (χ2v) is 3.97. The molecule has 0 unspecified atom stereocenters. The van der Waals surface area contributed by atoms with E-state index < -0.39 is 5.54 Å². The van der Waals surface area contributed by atoms with Crippen LogP contribution in [0, 0.1) is 0 Å². The summed E-state index contributed by atoms with van der Waals surface area (Å²) >= 11 is 5.01. The summed E-state index contributed by atoms with van der Waals surface area (Å²) in [7, 11) is 0. The van der Waals surface area contributed by atoms with Crippen LogP contribution in [0.25, 0.3) is 0 Å². The number of hydrogen-bond donors (Lipinski definition) is 0. The highest BCUT2D eigenvalue weighted by Crippen LogP contribution is 2.32. The van der Waals surface area contributed by atoms with Gasteiger partial charge in [0.2, 0.25) is 5.91 Å². The number of thiocarbonyl (C=S) groups is 1. The van der Waals surface area contributed by atoms with Crippen molar-refractivity contribution >= 4 is 23.3 Å². The Kier molecular flexibility index (Phi) is 3.63. The molecule has 0 aromatic carbocycles. The van der Waals surface area contributed by atoms with E-state index in [-0.39, 0.29) is 11.1 Å². The van der Waals surface area contributed by atoms with Gasteiger partial charge in [0, 0.05) is 6.92 Å². The highest BCUT2D eigenvalue weighted by atomic mass is 32.1. The Morgan fingerprint density at radius 1 is 1.60 bits per heavy atom. The van der Waals surface area contributed by atoms with Gasteiger partial charge in [-0.25, -0.2) is 0 Å². The molecule has 0 aromatic heterocycles. The van der Waals surface area contributed by atoms with Gasteiger partial charge in [-0.15, -0.1) is 13.2 Å². The normalized spacial score (nSPS) is 18.5. The predicted octanol–water partition coefficient (Wildman–Crippen LogP) is 2.04. The quantitative estimate of drug-likeness (QED) is 0.541. The Balaban J connectivity index is 3.04. The second-order valence-electron chi connectivity index (χ2n) is 3.62. The topological polar surface area (TPSA) is 29.5 Å². The first-order chi connectivity index (χ1) is 7.07. The van der Waals surface area contributed by atoms with Crippen LogP contribution in [0.5, 0.6) is 0 Å². The van der Waals surface area contributed by atoms with Gasteiger partial charge in [-0.05, 0) is 25.1 Å². The van der Waals surface area contributed by atoms with E-state index in [1.54, 1.807) is 12.2 Å². The minimum atomic E-state index is -0.410. The molecule has 0 N–H and O–H groups in total. The van der Waals surface area contributed by atoms with Gasteiger partial charge >= 0.3 is 0 Å². The lowest BCUT2D eigenvalue weighted by Gasteiger charge is -2.32. The molecule has 1 fully saturated rings. The van der Waals surface area contributed by atoms with Gasteiger partial charge in [-0.2, -0.15) is 0 Å². The molecule has 1 amide bonds. The predicted molar refractivity (Wildman–Crippen MR) is 63.4 cm³/mol. The number of carbonyl (C=O) groups excluding carboxylic acids is 1. The van der Waals surface area contributed by atoms with Gasteiger partial charge in [0.15, 0.2) is 0 Å². The smallest absolute Gasteiger partial charge is 0.266 e. The van der Waals surface area contributed by atoms with Crippen LogP contribution in [0.15, 0.2) is 25.3 Å². The fraction of sp³-hybridized carbons (Fsp3) is 0.455. The van der Waals surface area contributed by atoms with Crippen molar-refractivity contribution < 1.29 is 9.53 Å². The molecule has 0 atom stereocenters. The highest BCUT2D eigenvalue weighted by Gasteiger charge is 2.45. The number of rotatable bonds is 4. The fourth-order valence-electron chi connectivity index (χ4n) is 1.90. The number of ether oxygens (including phenoxy) is 1.